The summed E-state index contributed by atoms with van der Waals surface area (Å²) in [4.78, 5) is 24.2. The molecule has 0 bridgehead atoms. The van der Waals surface area contributed by atoms with Crippen LogP contribution in [-0.4, -0.2) is 54.1 Å². The van der Waals surface area contributed by atoms with Crippen molar-refractivity contribution in [3.05, 3.63) is 12.5 Å². The summed E-state index contributed by atoms with van der Waals surface area (Å²) in [5.74, 6) is 1.75. The second kappa shape index (κ2) is 5.86. The molecule has 19 heavy (non-hydrogen) atoms. The second-order valence-corrected chi connectivity index (χ2v) is 4.88. The van der Waals surface area contributed by atoms with E-state index in [1.54, 1.807) is 13.3 Å². The molecule has 0 atom stereocenters. The molecule has 1 aliphatic rings. The smallest absolute Gasteiger partial charge is 0.225 e. The van der Waals surface area contributed by atoms with Crippen molar-refractivity contribution in [3.63, 3.8) is 0 Å². The summed E-state index contributed by atoms with van der Waals surface area (Å²) in [6.45, 7) is 6.86. The van der Waals surface area contributed by atoms with E-state index in [0.29, 0.717) is 5.75 Å². The molecule has 0 unspecified atom stereocenters. The van der Waals surface area contributed by atoms with Crippen molar-refractivity contribution in [1.82, 2.24) is 14.9 Å². The maximum atomic E-state index is 11.9. The van der Waals surface area contributed by atoms with Gasteiger partial charge in [0.15, 0.2) is 11.6 Å². The largest absolute Gasteiger partial charge is 0.491 e. The molecule has 1 saturated heterocycles. The highest BCUT2D eigenvalue weighted by Crippen LogP contribution is 2.24. The number of nitrogens with zero attached hydrogens (tertiary/aromatic N) is 4. The molecule has 2 rings (SSSR count). The molecule has 2 heterocycles. The quantitative estimate of drug-likeness (QED) is 0.808. The zero-order valence-electron chi connectivity index (χ0n) is 11.7. The Labute approximate surface area is 113 Å². The fourth-order valence-electron chi connectivity index (χ4n) is 2.20. The van der Waals surface area contributed by atoms with Crippen LogP contribution in [0.4, 0.5) is 5.82 Å². The van der Waals surface area contributed by atoms with E-state index in [0.717, 1.165) is 32.0 Å². The number of amides is 1. The fraction of sp³-hybridized carbons (Fsp3) is 0.615. The SMILES string of the molecule is COc1cncnc1N1CCN(C(=O)C(C)C)CC1. The monoisotopic (exact) mass is 264 g/mol. The van der Waals surface area contributed by atoms with Crippen molar-refractivity contribution in [2.45, 2.75) is 13.8 Å². The first kappa shape index (κ1) is 13.6. The van der Waals surface area contributed by atoms with E-state index < -0.39 is 0 Å². The lowest BCUT2D eigenvalue weighted by Gasteiger charge is -2.36. The van der Waals surface area contributed by atoms with Gasteiger partial charge in [-0.2, -0.15) is 0 Å². The summed E-state index contributed by atoms with van der Waals surface area (Å²) in [7, 11) is 1.61. The summed E-state index contributed by atoms with van der Waals surface area (Å²) in [6, 6.07) is 0. The fourth-order valence-corrected chi connectivity index (χ4v) is 2.20. The molecular weight excluding hydrogens is 244 g/mol. The third kappa shape index (κ3) is 2.94. The number of rotatable bonds is 3. The summed E-state index contributed by atoms with van der Waals surface area (Å²) in [6.07, 6.45) is 3.18. The first-order valence-electron chi connectivity index (χ1n) is 6.51. The molecule has 1 aliphatic heterocycles. The van der Waals surface area contributed by atoms with Gasteiger partial charge >= 0.3 is 0 Å². The topological polar surface area (TPSA) is 58.6 Å². The summed E-state index contributed by atoms with van der Waals surface area (Å²) >= 11 is 0. The second-order valence-electron chi connectivity index (χ2n) is 4.88. The Balaban J connectivity index is 2.02. The van der Waals surface area contributed by atoms with Crippen LogP contribution in [0.15, 0.2) is 12.5 Å². The molecule has 0 radical (unpaired) electrons. The van der Waals surface area contributed by atoms with Crippen LogP contribution in [0.1, 0.15) is 13.8 Å². The summed E-state index contributed by atoms with van der Waals surface area (Å²) in [5.41, 5.74) is 0. The first-order valence-corrected chi connectivity index (χ1v) is 6.51. The number of ether oxygens (including phenoxy) is 1. The Morgan fingerprint density at radius 1 is 1.32 bits per heavy atom. The third-order valence-corrected chi connectivity index (χ3v) is 3.26. The Bertz CT molecular complexity index is 442. The minimum Gasteiger partial charge on any atom is -0.491 e. The van der Waals surface area contributed by atoms with Crippen LogP contribution in [-0.2, 0) is 4.79 Å². The minimum absolute atomic E-state index is 0.0557. The lowest BCUT2D eigenvalue weighted by molar-refractivity contribution is -0.134. The molecule has 6 nitrogen and oxygen atoms in total. The third-order valence-electron chi connectivity index (χ3n) is 3.26. The van der Waals surface area contributed by atoms with E-state index in [4.69, 9.17) is 4.74 Å². The number of aromatic nitrogens is 2. The van der Waals surface area contributed by atoms with Crippen LogP contribution < -0.4 is 9.64 Å². The van der Waals surface area contributed by atoms with E-state index >= 15 is 0 Å². The zero-order chi connectivity index (χ0) is 13.8. The van der Waals surface area contributed by atoms with Crippen LogP contribution in [0.25, 0.3) is 0 Å². The van der Waals surface area contributed by atoms with E-state index in [9.17, 15) is 4.79 Å². The average Bonchev–Trinajstić information content (AvgIpc) is 2.46. The van der Waals surface area contributed by atoms with Crippen molar-refractivity contribution >= 4 is 11.7 Å². The van der Waals surface area contributed by atoms with Gasteiger partial charge in [-0.1, -0.05) is 13.8 Å². The van der Waals surface area contributed by atoms with Gasteiger partial charge in [-0.15, -0.1) is 0 Å². The van der Waals surface area contributed by atoms with Crippen LogP contribution in [0, 0.1) is 5.92 Å². The molecule has 0 N–H and O–H groups in total. The molecule has 0 aliphatic carbocycles. The molecule has 0 saturated carbocycles. The lowest BCUT2D eigenvalue weighted by Crippen LogP contribution is -2.50. The number of methoxy groups -OCH3 is 1. The van der Waals surface area contributed by atoms with Gasteiger partial charge in [0, 0.05) is 32.1 Å². The highest BCUT2D eigenvalue weighted by molar-refractivity contribution is 5.78. The molecule has 1 fully saturated rings. The van der Waals surface area contributed by atoms with Gasteiger partial charge in [-0.3, -0.25) is 4.79 Å². The van der Waals surface area contributed by atoms with Gasteiger partial charge in [0.25, 0.3) is 0 Å². The zero-order valence-corrected chi connectivity index (χ0v) is 11.7. The number of piperazine rings is 1. The van der Waals surface area contributed by atoms with Crippen LogP contribution in [0.3, 0.4) is 0 Å². The molecule has 104 valence electrons. The molecular formula is C13H20N4O2. The van der Waals surface area contributed by atoms with E-state index in [1.807, 2.05) is 18.7 Å². The number of hydrogen-bond donors (Lipinski definition) is 0. The molecule has 1 amide bonds. The molecule has 6 heteroatoms. The molecule has 0 spiro atoms. The van der Waals surface area contributed by atoms with Crippen molar-refractivity contribution in [2.24, 2.45) is 5.92 Å². The molecule has 1 aromatic rings. The van der Waals surface area contributed by atoms with Gasteiger partial charge in [0.2, 0.25) is 5.91 Å². The molecule has 0 aromatic carbocycles. The van der Waals surface area contributed by atoms with Crippen molar-refractivity contribution in [1.29, 1.82) is 0 Å². The Morgan fingerprint density at radius 3 is 2.58 bits per heavy atom. The van der Waals surface area contributed by atoms with Crippen molar-refractivity contribution in [2.75, 3.05) is 38.2 Å². The van der Waals surface area contributed by atoms with Gasteiger partial charge in [0.05, 0.1) is 13.3 Å². The Kier molecular flexibility index (Phi) is 4.19. The Morgan fingerprint density at radius 2 is 2.00 bits per heavy atom. The van der Waals surface area contributed by atoms with E-state index in [-0.39, 0.29) is 11.8 Å². The van der Waals surface area contributed by atoms with Gasteiger partial charge in [-0.05, 0) is 0 Å². The predicted molar refractivity (Wildman–Crippen MR) is 72.2 cm³/mol. The standard InChI is InChI=1S/C13H20N4O2/c1-10(2)13(18)17-6-4-16(5-7-17)12-11(19-3)8-14-9-15-12/h8-10H,4-7H2,1-3H3. The van der Waals surface area contributed by atoms with E-state index in [2.05, 4.69) is 14.9 Å². The van der Waals surface area contributed by atoms with Gasteiger partial charge in [0.1, 0.15) is 6.33 Å². The van der Waals surface area contributed by atoms with Gasteiger partial charge < -0.3 is 14.5 Å². The normalized spacial score (nSPS) is 15.8. The number of hydrogen-bond acceptors (Lipinski definition) is 5. The van der Waals surface area contributed by atoms with E-state index in [1.165, 1.54) is 6.33 Å². The number of anilines is 1. The highest BCUT2D eigenvalue weighted by Gasteiger charge is 2.24. The van der Waals surface area contributed by atoms with Crippen LogP contribution in [0.2, 0.25) is 0 Å². The Hall–Kier alpha value is -1.85. The number of carbonyl (C=O) groups is 1. The van der Waals surface area contributed by atoms with Gasteiger partial charge in [-0.25, -0.2) is 9.97 Å². The summed E-state index contributed by atoms with van der Waals surface area (Å²) < 4.78 is 5.26. The van der Waals surface area contributed by atoms with Crippen molar-refractivity contribution in [3.8, 4) is 5.75 Å². The highest BCUT2D eigenvalue weighted by atomic mass is 16.5. The number of carbonyl (C=O) groups excluding carboxylic acids is 1. The predicted octanol–water partition coefficient (Wildman–Crippen LogP) is 0.790. The van der Waals surface area contributed by atoms with Crippen molar-refractivity contribution < 1.29 is 9.53 Å². The first-order chi connectivity index (χ1) is 9.13. The summed E-state index contributed by atoms with van der Waals surface area (Å²) in [5, 5.41) is 0. The van der Waals surface area contributed by atoms with Crippen LogP contribution >= 0.6 is 0 Å². The minimum atomic E-state index is 0.0557. The average molecular weight is 264 g/mol. The maximum Gasteiger partial charge on any atom is 0.225 e. The lowest BCUT2D eigenvalue weighted by atomic mass is 10.1. The maximum absolute atomic E-state index is 11.9. The molecule has 1 aromatic heterocycles. The van der Waals surface area contributed by atoms with Crippen LogP contribution in [0.5, 0.6) is 5.75 Å².